The molecule has 1 aromatic heterocycles. The second kappa shape index (κ2) is 8.92. The number of hydrogen-bond acceptors (Lipinski definition) is 6. The normalized spacial score (nSPS) is 18.9. The van der Waals surface area contributed by atoms with Gasteiger partial charge in [0.1, 0.15) is 19.0 Å². The standard InChI is InChI=1S/C24H24N4O4/c29-22-6-3-11-28(22)18-9-7-17(8-10-18)24(30)27-12-13-31-19(14-27)15-32-23-20-4-1-2-5-21(20)25-16-26-23/h1-2,4-5,7-10,16,19H,3,6,11-15H2. The minimum atomic E-state index is -0.247. The van der Waals surface area contributed by atoms with E-state index in [9.17, 15) is 9.59 Å². The Hall–Kier alpha value is -3.52. The van der Waals surface area contributed by atoms with E-state index in [0.29, 0.717) is 44.2 Å². The van der Waals surface area contributed by atoms with Gasteiger partial charge in [-0.15, -0.1) is 0 Å². The highest BCUT2D eigenvalue weighted by Crippen LogP contribution is 2.23. The number of carbonyl (C=O) groups is 2. The number of aromatic nitrogens is 2. The van der Waals surface area contributed by atoms with Crippen molar-refractivity contribution in [2.24, 2.45) is 0 Å². The number of morpholine rings is 1. The van der Waals surface area contributed by atoms with Crippen molar-refractivity contribution in [3.8, 4) is 5.88 Å². The third-order valence-corrected chi connectivity index (χ3v) is 5.84. The van der Waals surface area contributed by atoms with Crippen LogP contribution in [0.5, 0.6) is 5.88 Å². The molecule has 0 radical (unpaired) electrons. The summed E-state index contributed by atoms with van der Waals surface area (Å²) in [5.41, 5.74) is 2.26. The fraction of sp³-hybridized carbons (Fsp3) is 0.333. The molecule has 2 aromatic carbocycles. The molecule has 0 spiro atoms. The lowest BCUT2D eigenvalue weighted by Crippen LogP contribution is -2.47. The number of anilines is 1. The van der Waals surface area contributed by atoms with Crippen molar-refractivity contribution in [1.29, 1.82) is 0 Å². The number of rotatable bonds is 5. The molecule has 32 heavy (non-hydrogen) atoms. The summed E-state index contributed by atoms with van der Waals surface area (Å²) in [6, 6.07) is 14.9. The number of para-hydroxylation sites is 1. The first-order valence-corrected chi connectivity index (χ1v) is 10.8. The monoisotopic (exact) mass is 432 g/mol. The van der Waals surface area contributed by atoms with Gasteiger partial charge < -0.3 is 19.3 Å². The lowest BCUT2D eigenvalue weighted by Gasteiger charge is -2.33. The molecule has 0 aliphatic carbocycles. The Morgan fingerprint density at radius 2 is 1.94 bits per heavy atom. The Kier molecular flexibility index (Phi) is 5.68. The quantitative estimate of drug-likeness (QED) is 0.616. The Labute approximate surface area is 185 Å². The third kappa shape index (κ3) is 4.13. The molecule has 0 bridgehead atoms. The maximum Gasteiger partial charge on any atom is 0.254 e. The molecule has 8 nitrogen and oxygen atoms in total. The number of fused-ring (bicyclic) bond motifs is 1. The molecule has 2 aliphatic heterocycles. The zero-order chi connectivity index (χ0) is 21.9. The zero-order valence-electron chi connectivity index (χ0n) is 17.6. The summed E-state index contributed by atoms with van der Waals surface area (Å²) < 4.78 is 11.7. The molecule has 164 valence electrons. The maximum atomic E-state index is 13.0. The molecular formula is C24H24N4O4. The highest BCUT2D eigenvalue weighted by atomic mass is 16.5. The minimum Gasteiger partial charge on any atom is -0.474 e. The first-order valence-electron chi connectivity index (χ1n) is 10.8. The van der Waals surface area contributed by atoms with Crippen LogP contribution in [0, 0.1) is 0 Å². The molecule has 8 heteroatoms. The fourth-order valence-electron chi connectivity index (χ4n) is 4.16. The highest BCUT2D eigenvalue weighted by molar-refractivity contribution is 5.97. The van der Waals surface area contributed by atoms with E-state index in [1.165, 1.54) is 6.33 Å². The van der Waals surface area contributed by atoms with Gasteiger partial charge >= 0.3 is 0 Å². The molecule has 0 saturated carbocycles. The van der Waals surface area contributed by atoms with Crippen LogP contribution in [0.15, 0.2) is 54.9 Å². The van der Waals surface area contributed by atoms with E-state index in [1.54, 1.807) is 21.9 Å². The fourth-order valence-corrected chi connectivity index (χ4v) is 4.16. The van der Waals surface area contributed by atoms with Crippen LogP contribution in [-0.2, 0) is 9.53 Å². The van der Waals surface area contributed by atoms with Crippen LogP contribution < -0.4 is 9.64 Å². The summed E-state index contributed by atoms with van der Waals surface area (Å²) in [5.74, 6) is 0.594. The Morgan fingerprint density at radius 1 is 1.09 bits per heavy atom. The second-order valence-electron chi connectivity index (χ2n) is 7.95. The Balaban J connectivity index is 1.22. The van der Waals surface area contributed by atoms with Gasteiger partial charge in [-0.3, -0.25) is 9.59 Å². The molecule has 2 fully saturated rings. The van der Waals surface area contributed by atoms with Crippen LogP contribution in [-0.4, -0.2) is 65.6 Å². The molecular weight excluding hydrogens is 408 g/mol. The molecule has 1 unspecified atom stereocenters. The molecule has 3 aromatic rings. The maximum absolute atomic E-state index is 13.0. The average molecular weight is 432 g/mol. The topological polar surface area (TPSA) is 84.9 Å². The Morgan fingerprint density at radius 3 is 2.75 bits per heavy atom. The molecule has 5 rings (SSSR count). The highest BCUT2D eigenvalue weighted by Gasteiger charge is 2.27. The van der Waals surface area contributed by atoms with Crippen molar-refractivity contribution in [3.63, 3.8) is 0 Å². The van der Waals surface area contributed by atoms with Gasteiger partial charge in [0.05, 0.1) is 24.1 Å². The van der Waals surface area contributed by atoms with Gasteiger partial charge in [0.15, 0.2) is 0 Å². The van der Waals surface area contributed by atoms with Gasteiger partial charge in [-0.1, -0.05) is 12.1 Å². The second-order valence-corrected chi connectivity index (χ2v) is 7.95. The molecule has 3 heterocycles. The van der Waals surface area contributed by atoms with Gasteiger partial charge in [0, 0.05) is 30.8 Å². The molecule has 1 atom stereocenters. The molecule has 2 saturated heterocycles. The number of benzene rings is 2. The third-order valence-electron chi connectivity index (χ3n) is 5.84. The van der Waals surface area contributed by atoms with Crippen LogP contribution in [0.2, 0.25) is 0 Å². The lowest BCUT2D eigenvalue weighted by molar-refractivity contribution is -0.117. The van der Waals surface area contributed by atoms with Crippen molar-refractivity contribution in [3.05, 3.63) is 60.4 Å². The largest absolute Gasteiger partial charge is 0.474 e. The van der Waals surface area contributed by atoms with E-state index in [0.717, 1.165) is 29.6 Å². The summed E-state index contributed by atoms with van der Waals surface area (Å²) in [6.45, 7) is 2.44. The van der Waals surface area contributed by atoms with Gasteiger partial charge in [0.25, 0.3) is 5.91 Å². The summed E-state index contributed by atoms with van der Waals surface area (Å²) in [6.07, 6.45) is 2.70. The zero-order valence-corrected chi connectivity index (χ0v) is 17.6. The summed E-state index contributed by atoms with van der Waals surface area (Å²) in [4.78, 5) is 37.0. The van der Waals surface area contributed by atoms with E-state index >= 15 is 0 Å². The number of ether oxygens (including phenoxy) is 2. The van der Waals surface area contributed by atoms with Crippen LogP contribution in [0.25, 0.3) is 10.9 Å². The van der Waals surface area contributed by atoms with Gasteiger partial charge in [-0.25, -0.2) is 9.97 Å². The first kappa shape index (κ1) is 20.4. The summed E-state index contributed by atoms with van der Waals surface area (Å²) >= 11 is 0. The smallest absolute Gasteiger partial charge is 0.254 e. The Bertz CT molecular complexity index is 1130. The molecule has 2 amide bonds. The van der Waals surface area contributed by atoms with E-state index in [-0.39, 0.29) is 17.9 Å². The van der Waals surface area contributed by atoms with Gasteiger partial charge in [-0.2, -0.15) is 0 Å². The number of carbonyl (C=O) groups excluding carboxylic acids is 2. The average Bonchev–Trinajstić information content (AvgIpc) is 3.28. The van der Waals surface area contributed by atoms with E-state index < -0.39 is 0 Å². The van der Waals surface area contributed by atoms with Gasteiger partial charge in [-0.05, 0) is 42.8 Å². The van der Waals surface area contributed by atoms with Crippen LogP contribution in [0.4, 0.5) is 5.69 Å². The number of amides is 2. The van der Waals surface area contributed by atoms with E-state index in [4.69, 9.17) is 9.47 Å². The van der Waals surface area contributed by atoms with Crippen molar-refractivity contribution in [1.82, 2.24) is 14.9 Å². The number of hydrogen-bond donors (Lipinski definition) is 0. The van der Waals surface area contributed by atoms with Crippen LogP contribution >= 0.6 is 0 Å². The van der Waals surface area contributed by atoms with Crippen molar-refractivity contribution >= 4 is 28.4 Å². The molecule has 0 N–H and O–H groups in total. The van der Waals surface area contributed by atoms with E-state index in [2.05, 4.69) is 9.97 Å². The van der Waals surface area contributed by atoms with Gasteiger partial charge in [0.2, 0.25) is 11.8 Å². The van der Waals surface area contributed by atoms with Crippen LogP contribution in [0.1, 0.15) is 23.2 Å². The first-order chi connectivity index (χ1) is 15.7. The predicted octanol–water partition coefficient (Wildman–Crippen LogP) is 2.68. The number of nitrogens with zero attached hydrogens (tertiary/aromatic N) is 4. The SMILES string of the molecule is O=C(c1ccc(N2CCCC2=O)cc1)N1CCOC(COc2ncnc3ccccc23)C1. The van der Waals surface area contributed by atoms with Crippen molar-refractivity contribution in [2.45, 2.75) is 18.9 Å². The minimum absolute atomic E-state index is 0.0508. The van der Waals surface area contributed by atoms with Crippen molar-refractivity contribution in [2.75, 3.05) is 37.7 Å². The molecule has 2 aliphatic rings. The predicted molar refractivity (Wildman–Crippen MR) is 119 cm³/mol. The van der Waals surface area contributed by atoms with Crippen LogP contribution in [0.3, 0.4) is 0 Å². The van der Waals surface area contributed by atoms with E-state index in [1.807, 2.05) is 36.4 Å². The van der Waals surface area contributed by atoms with Crippen molar-refractivity contribution < 1.29 is 19.1 Å². The lowest BCUT2D eigenvalue weighted by atomic mass is 10.1. The summed E-state index contributed by atoms with van der Waals surface area (Å²) in [7, 11) is 0. The summed E-state index contributed by atoms with van der Waals surface area (Å²) in [5, 5.41) is 0.843.